The predicted molar refractivity (Wildman–Crippen MR) is 84.9 cm³/mol. The van der Waals surface area contributed by atoms with E-state index in [-0.39, 0.29) is 36.6 Å². The van der Waals surface area contributed by atoms with Crippen LogP contribution in [0.15, 0.2) is 18.2 Å². The van der Waals surface area contributed by atoms with Gasteiger partial charge in [-0.2, -0.15) is 0 Å². The Morgan fingerprint density at radius 2 is 2.20 bits per heavy atom. The number of hydrogen-bond acceptors (Lipinski definition) is 3. The number of rotatable bonds is 2. The molecule has 0 bridgehead atoms. The van der Waals surface area contributed by atoms with Crippen molar-refractivity contribution >= 4 is 47.4 Å². The third kappa shape index (κ3) is 3.42. The van der Waals surface area contributed by atoms with Crippen LogP contribution in [-0.4, -0.2) is 29.0 Å². The number of aryl methyl sites for hydroxylation is 1. The zero-order valence-electron chi connectivity index (χ0n) is 11.1. The van der Waals surface area contributed by atoms with Crippen LogP contribution < -0.4 is 10.6 Å². The van der Waals surface area contributed by atoms with Crippen LogP contribution >= 0.6 is 24.8 Å². The van der Waals surface area contributed by atoms with Crippen molar-refractivity contribution in [1.29, 1.82) is 0 Å². The minimum atomic E-state index is 0. The van der Waals surface area contributed by atoms with Gasteiger partial charge in [-0.15, -0.1) is 24.8 Å². The lowest BCUT2D eigenvalue weighted by Crippen LogP contribution is -2.24. The molecule has 1 amide bonds. The highest BCUT2D eigenvalue weighted by atomic mass is 35.5. The van der Waals surface area contributed by atoms with Gasteiger partial charge in [-0.1, -0.05) is 0 Å². The monoisotopic (exact) mass is 316 g/mol. The van der Waals surface area contributed by atoms with Crippen molar-refractivity contribution in [3.63, 3.8) is 0 Å². The molecule has 0 spiro atoms. The maximum absolute atomic E-state index is 12.0. The molecule has 1 aliphatic heterocycles. The van der Waals surface area contributed by atoms with Crippen LogP contribution in [0.5, 0.6) is 0 Å². The van der Waals surface area contributed by atoms with Crippen LogP contribution in [0, 0.1) is 12.8 Å². The summed E-state index contributed by atoms with van der Waals surface area (Å²) in [6, 6.07) is 5.74. The maximum atomic E-state index is 12.0. The second-order valence-corrected chi connectivity index (χ2v) is 4.73. The molecule has 0 saturated carbocycles. The molecule has 1 aliphatic rings. The van der Waals surface area contributed by atoms with Crippen molar-refractivity contribution in [3.05, 3.63) is 24.0 Å². The highest BCUT2D eigenvalue weighted by molar-refractivity contribution is 5.94. The fourth-order valence-corrected chi connectivity index (χ4v) is 2.34. The van der Waals surface area contributed by atoms with Crippen LogP contribution in [0.4, 0.5) is 5.69 Å². The smallest absolute Gasteiger partial charge is 0.228 e. The molecule has 20 heavy (non-hydrogen) atoms. The minimum Gasteiger partial charge on any atom is -0.342 e. The van der Waals surface area contributed by atoms with Crippen LogP contribution in [0.25, 0.3) is 11.0 Å². The lowest BCUT2D eigenvalue weighted by Gasteiger charge is -2.09. The van der Waals surface area contributed by atoms with E-state index >= 15 is 0 Å². The van der Waals surface area contributed by atoms with Crippen LogP contribution in [-0.2, 0) is 4.79 Å². The zero-order valence-corrected chi connectivity index (χ0v) is 12.7. The second-order valence-electron chi connectivity index (χ2n) is 4.73. The molecule has 110 valence electrons. The van der Waals surface area contributed by atoms with E-state index in [1.54, 1.807) is 0 Å². The highest BCUT2D eigenvalue weighted by Gasteiger charge is 2.22. The quantitative estimate of drug-likeness (QED) is 0.796. The Balaban J connectivity index is 0.000001000. The molecule has 0 radical (unpaired) electrons. The third-order valence-corrected chi connectivity index (χ3v) is 3.30. The Morgan fingerprint density at radius 1 is 1.40 bits per heavy atom. The first kappa shape index (κ1) is 16.8. The number of aromatic nitrogens is 2. The van der Waals surface area contributed by atoms with Crippen molar-refractivity contribution in [2.45, 2.75) is 13.3 Å². The first-order chi connectivity index (χ1) is 8.72. The lowest BCUT2D eigenvalue weighted by molar-refractivity contribution is -0.119. The number of nitrogens with zero attached hydrogens (tertiary/aromatic N) is 1. The van der Waals surface area contributed by atoms with Gasteiger partial charge in [0.25, 0.3) is 0 Å². The third-order valence-electron chi connectivity index (χ3n) is 3.30. The summed E-state index contributed by atoms with van der Waals surface area (Å²) in [6.07, 6.45) is 0.914. The van der Waals surface area contributed by atoms with Gasteiger partial charge in [0.1, 0.15) is 5.82 Å². The van der Waals surface area contributed by atoms with Gasteiger partial charge >= 0.3 is 0 Å². The molecule has 5 nitrogen and oxygen atoms in total. The van der Waals surface area contributed by atoms with E-state index in [1.165, 1.54) is 0 Å². The Bertz CT molecular complexity index is 593. The fourth-order valence-electron chi connectivity index (χ4n) is 2.34. The Morgan fingerprint density at radius 3 is 2.90 bits per heavy atom. The summed E-state index contributed by atoms with van der Waals surface area (Å²) < 4.78 is 0. The van der Waals surface area contributed by atoms with E-state index in [0.29, 0.717) is 0 Å². The van der Waals surface area contributed by atoms with E-state index in [2.05, 4.69) is 20.6 Å². The fraction of sp³-hybridized carbons (Fsp3) is 0.385. The van der Waals surface area contributed by atoms with E-state index in [9.17, 15) is 4.79 Å². The van der Waals surface area contributed by atoms with Crippen molar-refractivity contribution in [2.24, 2.45) is 5.92 Å². The van der Waals surface area contributed by atoms with Gasteiger partial charge < -0.3 is 15.6 Å². The van der Waals surface area contributed by atoms with Gasteiger partial charge in [-0.25, -0.2) is 4.98 Å². The molecule has 2 heterocycles. The molecule has 3 rings (SSSR count). The summed E-state index contributed by atoms with van der Waals surface area (Å²) in [4.78, 5) is 19.5. The average molecular weight is 317 g/mol. The highest BCUT2D eigenvalue weighted by Crippen LogP contribution is 2.18. The SMILES string of the molecule is Cc1nc2ccc(NC(=O)C3CCNC3)cc2[nH]1.Cl.Cl. The maximum Gasteiger partial charge on any atom is 0.228 e. The number of fused-ring (bicyclic) bond motifs is 1. The van der Waals surface area contributed by atoms with Crippen molar-refractivity contribution < 1.29 is 4.79 Å². The number of H-pyrrole nitrogens is 1. The number of hydrogen-bond donors (Lipinski definition) is 3. The molecule has 1 fully saturated rings. The van der Waals surface area contributed by atoms with E-state index < -0.39 is 0 Å². The molecule has 1 aromatic heterocycles. The van der Waals surface area contributed by atoms with Crippen molar-refractivity contribution in [2.75, 3.05) is 18.4 Å². The number of carbonyl (C=O) groups excluding carboxylic acids is 1. The topological polar surface area (TPSA) is 69.8 Å². The van der Waals surface area contributed by atoms with E-state index in [0.717, 1.165) is 42.1 Å². The summed E-state index contributed by atoms with van der Waals surface area (Å²) >= 11 is 0. The van der Waals surface area contributed by atoms with Gasteiger partial charge in [-0.05, 0) is 38.1 Å². The number of halogens is 2. The number of imidazole rings is 1. The normalized spacial score (nSPS) is 17.4. The molecule has 1 unspecified atom stereocenters. The average Bonchev–Trinajstić information content (AvgIpc) is 2.95. The summed E-state index contributed by atoms with van der Waals surface area (Å²) in [5.41, 5.74) is 2.70. The Kier molecular flexibility index (Phi) is 5.80. The number of carbonyl (C=O) groups is 1. The lowest BCUT2D eigenvalue weighted by atomic mass is 10.1. The molecule has 7 heteroatoms. The summed E-state index contributed by atoms with van der Waals surface area (Å²) in [6.45, 7) is 3.62. The predicted octanol–water partition coefficient (Wildman–Crippen LogP) is 2.26. The van der Waals surface area contributed by atoms with Gasteiger partial charge in [0, 0.05) is 12.2 Å². The van der Waals surface area contributed by atoms with Crippen LogP contribution in [0.2, 0.25) is 0 Å². The van der Waals surface area contributed by atoms with Crippen molar-refractivity contribution in [1.82, 2.24) is 15.3 Å². The van der Waals surface area contributed by atoms with Gasteiger partial charge in [0.2, 0.25) is 5.91 Å². The number of anilines is 1. The number of nitrogens with one attached hydrogen (secondary N) is 3. The molecular formula is C13H18Cl2N4O. The standard InChI is InChI=1S/C13H16N4O.2ClH/c1-8-15-11-3-2-10(6-12(11)16-8)17-13(18)9-4-5-14-7-9;;/h2-3,6,9,14H,4-5,7H2,1H3,(H,15,16)(H,17,18);2*1H. The largest absolute Gasteiger partial charge is 0.342 e. The molecule has 1 aromatic carbocycles. The number of aromatic amines is 1. The molecule has 0 aliphatic carbocycles. The van der Waals surface area contributed by atoms with Gasteiger partial charge in [0.05, 0.1) is 17.0 Å². The van der Waals surface area contributed by atoms with E-state index in [1.807, 2.05) is 25.1 Å². The van der Waals surface area contributed by atoms with Crippen molar-refractivity contribution in [3.8, 4) is 0 Å². The first-order valence-corrected chi connectivity index (χ1v) is 6.20. The summed E-state index contributed by atoms with van der Waals surface area (Å²) in [5.74, 6) is 1.06. The molecule has 1 saturated heterocycles. The Labute approximate surface area is 129 Å². The molecule has 3 N–H and O–H groups in total. The molecular weight excluding hydrogens is 299 g/mol. The van der Waals surface area contributed by atoms with Gasteiger partial charge in [-0.3, -0.25) is 4.79 Å². The summed E-state index contributed by atoms with van der Waals surface area (Å²) in [7, 11) is 0. The van der Waals surface area contributed by atoms with Crippen LogP contribution in [0.1, 0.15) is 12.2 Å². The second kappa shape index (κ2) is 6.92. The van der Waals surface area contributed by atoms with Gasteiger partial charge in [0.15, 0.2) is 0 Å². The summed E-state index contributed by atoms with van der Waals surface area (Å²) in [5, 5.41) is 6.15. The Hall–Kier alpha value is -1.30. The molecule has 2 aromatic rings. The van der Waals surface area contributed by atoms with E-state index in [4.69, 9.17) is 0 Å². The number of benzene rings is 1. The molecule has 1 atom stereocenters. The zero-order chi connectivity index (χ0) is 12.5. The minimum absolute atomic E-state index is 0. The van der Waals surface area contributed by atoms with Crippen LogP contribution in [0.3, 0.4) is 0 Å². The first-order valence-electron chi connectivity index (χ1n) is 6.20. The number of amides is 1.